The van der Waals surface area contributed by atoms with Gasteiger partial charge >= 0.3 is 19.8 Å². The molecule has 0 radical (unpaired) electrons. The lowest BCUT2D eigenvalue weighted by Gasteiger charge is -2.24. The molecule has 10 heteroatoms. The van der Waals surface area contributed by atoms with Crippen molar-refractivity contribution < 1.29 is 42.1 Å². The van der Waals surface area contributed by atoms with Gasteiger partial charge in [0, 0.05) is 12.8 Å². The van der Waals surface area contributed by atoms with E-state index < -0.39 is 26.5 Å². The molecule has 0 aliphatic carbocycles. The molecular weight excluding hydrogens is 1090 g/mol. The second-order valence-corrected chi connectivity index (χ2v) is 26.0. The molecule has 0 saturated carbocycles. The largest absolute Gasteiger partial charge is 0.472 e. The van der Waals surface area contributed by atoms with Gasteiger partial charge in [0.2, 0.25) is 0 Å². The van der Waals surface area contributed by atoms with Crippen LogP contribution < -0.4 is 0 Å². The summed E-state index contributed by atoms with van der Waals surface area (Å²) in [6.45, 7) is 4.23. The Hall–Kier alpha value is -3.59. The predicted octanol–water partition coefficient (Wildman–Crippen LogP) is 23.0. The van der Waals surface area contributed by atoms with Crippen molar-refractivity contribution in [3.8, 4) is 0 Å². The van der Waals surface area contributed by atoms with Gasteiger partial charge in [-0.1, -0.05) is 302 Å². The quantitative estimate of drug-likeness (QED) is 0.0211. The molecule has 0 spiro atoms. The Kier molecular flexibility index (Phi) is 63.1. The van der Waals surface area contributed by atoms with Crippen LogP contribution in [0, 0.1) is 0 Å². The number of hydrogen-bond donors (Lipinski definition) is 1. The fourth-order valence-corrected chi connectivity index (χ4v) is 10.4. The second-order valence-electron chi connectivity index (χ2n) is 24.5. The van der Waals surface area contributed by atoms with Crippen molar-refractivity contribution in [2.24, 2.45) is 0 Å². The van der Waals surface area contributed by atoms with E-state index in [2.05, 4.69) is 135 Å². The number of carbonyl (C=O) groups is 2. The van der Waals surface area contributed by atoms with Gasteiger partial charge in [-0.25, -0.2) is 4.57 Å². The summed E-state index contributed by atoms with van der Waals surface area (Å²) in [6, 6.07) is 0. The number of phosphoric acid groups is 1. The maximum Gasteiger partial charge on any atom is 0.472 e. The minimum Gasteiger partial charge on any atom is -0.462 e. The second kappa shape index (κ2) is 65.8. The number of allylic oxidation sites excluding steroid dienone is 20. The van der Waals surface area contributed by atoms with Crippen LogP contribution in [-0.2, 0) is 32.7 Å². The zero-order valence-electron chi connectivity index (χ0n) is 56.3. The first-order chi connectivity index (χ1) is 42.0. The molecule has 0 amide bonds. The standard InChI is InChI=1S/C76H132NO8P/c1-6-8-10-12-14-16-18-20-22-24-26-28-30-32-34-35-36-37-38-39-40-41-43-45-47-49-51-53-55-57-59-61-63-65-67-69-76(79)85-74(73-84-86(80,81)83-71-70-77(3,4)5)72-82-75(78)68-66-64-62-60-58-56-54-52-50-48-46-44-42-33-31-29-27-25-23-21-19-17-15-13-11-9-7-2/h8-11,14-17,20-23,26-29,32-34,42,74H,6-7,12-13,18-19,24-25,30-31,35-41,43-73H2,1-5H3/p+1/b10-8-,11-9-,16-14-,17-15-,22-20-,23-21-,28-26-,29-27-,34-32-,42-33-. The lowest BCUT2D eigenvalue weighted by atomic mass is 10.0. The molecule has 9 nitrogen and oxygen atoms in total. The van der Waals surface area contributed by atoms with Crippen LogP contribution in [0.2, 0.25) is 0 Å². The highest BCUT2D eigenvalue weighted by molar-refractivity contribution is 7.47. The van der Waals surface area contributed by atoms with E-state index >= 15 is 0 Å². The maximum absolute atomic E-state index is 12.9. The molecule has 0 aliphatic rings. The molecule has 0 rings (SSSR count). The summed E-state index contributed by atoms with van der Waals surface area (Å²) in [6.07, 6.45) is 94.4. The van der Waals surface area contributed by atoms with Crippen molar-refractivity contribution in [3.63, 3.8) is 0 Å². The molecular formula is C76H133NO8P+. The summed E-state index contributed by atoms with van der Waals surface area (Å²) in [5, 5.41) is 0. The van der Waals surface area contributed by atoms with E-state index in [0.29, 0.717) is 17.4 Å². The van der Waals surface area contributed by atoms with Crippen LogP contribution in [0.3, 0.4) is 0 Å². The Labute approximate surface area is 530 Å². The molecule has 0 aromatic heterocycles. The normalized spacial score (nSPS) is 13.9. The Bertz CT molecular complexity index is 1870. The molecule has 0 fully saturated rings. The number of phosphoric ester groups is 1. The number of likely N-dealkylation sites (N-methyl/N-ethyl adjacent to an activating group) is 1. The van der Waals surface area contributed by atoms with Crippen LogP contribution in [0.5, 0.6) is 0 Å². The van der Waals surface area contributed by atoms with E-state index in [9.17, 15) is 19.0 Å². The molecule has 0 bridgehead atoms. The average Bonchev–Trinajstić information content (AvgIpc) is 3.56. The van der Waals surface area contributed by atoms with Gasteiger partial charge in [0.25, 0.3) is 0 Å². The molecule has 86 heavy (non-hydrogen) atoms. The minimum atomic E-state index is -4.40. The van der Waals surface area contributed by atoms with E-state index in [4.69, 9.17) is 18.5 Å². The Balaban J connectivity index is 4.03. The number of carbonyl (C=O) groups excluding carboxylic acids is 2. The van der Waals surface area contributed by atoms with Gasteiger partial charge in [-0.2, -0.15) is 0 Å². The van der Waals surface area contributed by atoms with Gasteiger partial charge in [0.05, 0.1) is 27.7 Å². The summed E-state index contributed by atoms with van der Waals surface area (Å²) in [4.78, 5) is 35.9. The Morgan fingerprint density at radius 2 is 0.628 bits per heavy atom. The monoisotopic (exact) mass is 1220 g/mol. The third-order valence-corrected chi connectivity index (χ3v) is 16.0. The van der Waals surface area contributed by atoms with Gasteiger partial charge in [0.15, 0.2) is 6.10 Å². The number of hydrogen-bond acceptors (Lipinski definition) is 7. The van der Waals surface area contributed by atoms with Crippen LogP contribution in [-0.4, -0.2) is 74.9 Å². The topological polar surface area (TPSA) is 108 Å². The molecule has 0 aliphatic heterocycles. The lowest BCUT2D eigenvalue weighted by molar-refractivity contribution is -0.870. The van der Waals surface area contributed by atoms with E-state index in [1.165, 1.54) is 167 Å². The van der Waals surface area contributed by atoms with E-state index in [-0.39, 0.29) is 32.0 Å². The third kappa shape index (κ3) is 69.5. The van der Waals surface area contributed by atoms with Crippen LogP contribution in [0.25, 0.3) is 0 Å². The highest BCUT2D eigenvalue weighted by atomic mass is 31.2. The molecule has 2 unspecified atom stereocenters. The van der Waals surface area contributed by atoms with Gasteiger partial charge < -0.3 is 18.9 Å². The average molecular weight is 1220 g/mol. The van der Waals surface area contributed by atoms with Crippen molar-refractivity contribution in [2.75, 3.05) is 47.5 Å². The van der Waals surface area contributed by atoms with Crippen LogP contribution >= 0.6 is 7.82 Å². The van der Waals surface area contributed by atoms with E-state index in [1.54, 1.807) is 0 Å². The summed E-state index contributed by atoms with van der Waals surface area (Å²) >= 11 is 0. The first kappa shape index (κ1) is 82.4. The lowest BCUT2D eigenvalue weighted by Crippen LogP contribution is -2.37. The summed E-state index contributed by atoms with van der Waals surface area (Å²) in [5.74, 6) is -0.796. The SMILES string of the molecule is CC/C=C\C/C=C\C/C=C\C/C=C\C/C=C\CCCCCCCCCCCCCCCCCCCCCC(=O)OC(COC(=O)CCCCCCCCCCCCC/C=C\C/C=C\C/C=C\C/C=C\C/C=C\CC)COP(=O)(O)OCC[N+](C)(C)C. The number of esters is 2. The summed E-state index contributed by atoms with van der Waals surface area (Å²) in [5.41, 5.74) is 0. The van der Waals surface area contributed by atoms with E-state index in [0.717, 1.165) is 96.3 Å². The molecule has 494 valence electrons. The van der Waals surface area contributed by atoms with E-state index in [1.807, 2.05) is 21.1 Å². The van der Waals surface area contributed by atoms with Crippen LogP contribution in [0.15, 0.2) is 122 Å². The van der Waals surface area contributed by atoms with Crippen molar-refractivity contribution in [1.29, 1.82) is 0 Å². The third-order valence-electron chi connectivity index (χ3n) is 15.0. The fraction of sp³-hybridized carbons (Fsp3) is 0.711. The van der Waals surface area contributed by atoms with Crippen molar-refractivity contribution in [3.05, 3.63) is 122 Å². The molecule has 0 heterocycles. The number of ether oxygens (including phenoxy) is 2. The predicted molar refractivity (Wildman–Crippen MR) is 371 cm³/mol. The first-order valence-electron chi connectivity index (χ1n) is 35.3. The van der Waals surface area contributed by atoms with Crippen molar-refractivity contribution in [2.45, 2.75) is 302 Å². The smallest absolute Gasteiger partial charge is 0.462 e. The number of nitrogens with zero attached hydrogens (tertiary/aromatic N) is 1. The highest BCUT2D eigenvalue weighted by Gasteiger charge is 2.27. The highest BCUT2D eigenvalue weighted by Crippen LogP contribution is 2.43. The molecule has 1 N–H and O–H groups in total. The van der Waals surface area contributed by atoms with Crippen LogP contribution in [0.4, 0.5) is 0 Å². The summed E-state index contributed by atoms with van der Waals surface area (Å²) < 4.78 is 34.7. The van der Waals surface area contributed by atoms with Crippen LogP contribution in [0.1, 0.15) is 296 Å². The van der Waals surface area contributed by atoms with Gasteiger partial charge in [-0.05, 0) is 103 Å². The number of unbranched alkanes of at least 4 members (excludes halogenated alkanes) is 30. The maximum atomic E-state index is 12.9. The minimum absolute atomic E-state index is 0.0278. The number of quaternary nitrogens is 1. The molecule has 0 saturated heterocycles. The molecule has 0 aromatic carbocycles. The van der Waals surface area contributed by atoms with Crippen molar-refractivity contribution in [1.82, 2.24) is 0 Å². The molecule has 0 aromatic rings. The molecule has 2 atom stereocenters. The van der Waals surface area contributed by atoms with Crippen molar-refractivity contribution >= 4 is 19.8 Å². The Morgan fingerprint density at radius 1 is 0.360 bits per heavy atom. The van der Waals surface area contributed by atoms with Gasteiger partial charge in [0.1, 0.15) is 19.8 Å². The van der Waals surface area contributed by atoms with Gasteiger partial charge in [-0.3, -0.25) is 18.6 Å². The zero-order chi connectivity index (χ0) is 62.6. The first-order valence-corrected chi connectivity index (χ1v) is 36.8. The Morgan fingerprint density at radius 3 is 0.930 bits per heavy atom. The van der Waals surface area contributed by atoms with Gasteiger partial charge in [-0.15, -0.1) is 0 Å². The fourth-order valence-electron chi connectivity index (χ4n) is 9.66. The summed E-state index contributed by atoms with van der Waals surface area (Å²) in [7, 11) is 1.47. The number of rotatable bonds is 64. The zero-order valence-corrected chi connectivity index (χ0v) is 57.2.